The Bertz CT molecular complexity index is 701. The third-order valence-corrected chi connectivity index (χ3v) is 4.80. The minimum Gasteiger partial charge on any atom is -0.489 e. The molecule has 0 aliphatic carbocycles. The van der Waals surface area contributed by atoms with Crippen molar-refractivity contribution in [2.75, 3.05) is 6.54 Å². The van der Waals surface area contributed by atoms with E-state index in [4.69, 9.17) is 4.74 Å². The Morgan fingerprint density at radius 2 is 1.76 bits per heavy atom. The van der Waals surface area contributed by atoms with Gasteiger partial charge in [-0.05, 0) is 70.0 Å². The summed E-state index contributed by atoms with van der Waals surface area (Å²) in [6.45, 7) is 8.07. The van der Waals surface area contributed by atoms with Gasteiger partial charge in [-0.3, -0.25) is 9.69 Å². The predicted molar refractivity (Wildman–Crippen MR) is 101 cm³/mol. The molecule has 3 heteroatoms. The first-order chi connectivity index (χ1) is 11.9. The summed E-state index contributed by atoms with van der Waals surface area (Å²) < 4.78 is 5.81. The van der Waals surface area contributed by atoms with Crippen LogP contribution >= 0.6 is 0 Å². The van der Waals surface area contributed by atoms with Crippen molar-refractivity contribution in [3.8, 4) is 5.75 Å². The molecule has 0 unspecified atom stereocenters. The van der Waals surface area contributed by atoms with E-state index in [2.05, 4.69) is 25.7 Å². The number of Topliss-reactive ketones (excluding diaryl/α,β-unsaturated/α-hetero) is 1. The first kappa shape index (κ1) is 17.7. The smallest absolute Gasteiger partial charge is 0.179 e. The van der Waals surface area contributed by atoms with E-state index in [9.17, 15) is 4.79 Å². The molecule has 0 bridgehead atoms. The highest BCUT2D eigenvalue weighted by atomic mass is 16.5. The molecule has 25 heavy (non-hydrogen) atoms. The normalized spacial score (nSPS) is 18.3. The van der Waals surface area contributed by atoms with Crippen molar-refractivity contribution in [2.45, 2.75) is 51.8 Å². The molecule has 132 valence electrons. The van der Waals surface area contributed by atoms with E-state index in [1.807, 2.05) is 54.6 Å². The van der Waals surface area contributed by atoms with Crippen LogP contribution in [0.2, 0.25) is 0 Å². The van der Waals surface area contributed by atoms with Crippen LogP contribution in [-0.4, -0.2) is 28.8 Å². The molecule has 1 fully saturated rings. The van der Waals surface area contributed by atoms with E-state index >= 15 is 0 Å². The van der Waals surface area contributed by atoms with Crippen molar-refractivity contribution in [1.82, 2.24) is 4.90 Å². The number of nitrogens with zero attached hydrogens (tertiary/aromatic N) is 1. The molecule has 1 aliphatic heterocycles. The number of ketones is 1. The lowest BCUT2D eigenvalue weighted by Crippen LogP contribution is -2.47. The fraction of sp³-hybridized carbons (Fsp3) is 0.409. The molecule has 0 amide bonds. The maximum atomic E-state index is 12.9. The van der Waals surface area contributed by atoms with Gasteiger partial charge in [-0.1, -0.05) is 30.3 Å². The summed E-state index contributed by atoms with van der Waals surface area (Å²) in [5.41, 5.74) is 1.93. The highest BCUT2D eigenvalue weighted by molar-refractivity contribution is 6.00. The van der Waals surface area contributed by atoms with Gasteiger partial charge in [-0.25, -0.2) is 0 Å². The Balaban J connectivity index is 1.64. The van der Waals surface area contributed by atoms with Crippen molar-refractivity contribution in [3.63, 3.8) is 0 Å². The van der Waals surface area contributed by atoms with Gasteiger partial charge in [0.25, 0.3) is 0 Å². The average molecular weight is 337 g/mol. The highest BCUT2D eigenvalue weighted by Gasteiger charge is 2.37. The number of ether oxygens (including phenoxy) is 1. The monoisotopic (exact) mass is 337 g/mol. The molecule has 2 aromatic carbocycles. The van der Waals surface area contributed by atoms with E-state index in [-0.39, 0.29) is 17.4 Å². The van der Waals surface area contributed by atoms with Crippen molar-refractivity contribution in [2.24, 2.45) is 0 Å². The first-order valence-corrected chi connectivity index (χ1v) is 9.03. The van der Waals surface area contributed by atoms with Crippen LogP contribution < -0.4 is 4.74 Å². The van der Waals surface area contributed by atoms with Crippen molar-refractivity contribution >= 4 is 5.78 Å². The van der Waals surface area contributed by atoms with Crippen LogP contribution in [0.5, 0.6) is 5.75 Å². The zero-order chi connectivity index (χ0) is 17.9. The lowest BCUT2D eigenvalue weighted by molar-refractivity contribution is 0.0721. The standard InChI is InChI=1S/C22H27NO2/c1-22(2,3)23-15-7-10-20(23)21(24)18-11-13-19(14-12-18)25-16-17-8-5-4-6-9-17/h4-6,8-9,11-14,20H,7,10,15-16H2,1-3H3/t20-/m1/s1. The lowest BCUT2D eigenvalue weighted by atomic mass is 9.98. The van der Waals surface area contributed by atoms with Crippen LogP contribution in [0.15, 0.2) is 54.6 Å². The molecule has 1 aliphatic rings. The van der Waals surface area contributed by atoms with Gasteiger partial charge in [0.2, 0.25) is 0 Å². The summed E-state index contributed by atoms with van der Waals surface area (Å²) >= 11 is 0. The second-order valence-electron chi connectivity index (χ2n) is 7.69. The number of likely N-dealkylation sites (tertiary alicyclic amines) is 1. The molecule has 3 nitrogen and oxygen atoms in total. The van der Waals surface area contributed by atoms with Gasteiger partial charge >= 0.3 is 0 Å². The summed E-state index contributed by atoms with van der Waals surface area (Å²) in [5.74, 6) is 1.02. The highest BCUT2D eigenvalue weighted by Crippen LogP contribution is 2.29. The summed E-state index contributed by atoms with van der Waals surface area (Å²) in [7, 11) is 0. The van der Waals surface area contributed by atoms with Crippen LogP contribution in [0.25, 0.3) is 0 Å². The molecular weight excluding hydrogens is 310 g/mol. The Morgan fingerprint density at radius 1 is 1.08 bits per heavy atom. The fourth-order valence-electron chi connectivity index (χ4n) is 3.49. The van der Waals surface area contributed by atoms with Gasteiger partial charge in [0, 0.05) is 11.1 Å². The summed E-state index contributed by atoms with van der Waals surface area (Å²) in [4.78, 5) is 15.2. The Kier molecular flexibility index (Phi) is 5.24. The van der Waals surface area contributed by atoms with Gasteiger partial charge in [-0.2, -0.15) is 0 Å². The van der Waals surface area contributed by atoms with Crippen LogP contribution in [0.3, 0.4) is 0 Å². The minimum absolute atomic E-state index is 0.00362. The number of hydrogen-bond acceptors (Lipinski definition) is 3. The minimum atomic E-state index is -0.00362. The molecule has 0 aromatic heterocycles. The largest absolute Gasteiger partial charge is 0.489 e. The van der Waals surface area contributed by atoms with Crippen molar-refractivity contribution < 1.29 is 9.53 Å². The van der Waals surface area contributed by atoms with E-state index in [0.29, 0.717) is 6.61 Å². The number of hydrogen-bond donors (Lipinski definition) is 0. The van der Waals surface area contributed by atoms with Crippen LogP contribution in [0.4, 0.5) is 0 Å². The molecule has 0 N–H and O–H groups in total. The molecule has 3 rings (SSSR count). The average Bonchev–Trinajstić information content (AvgIpc) is 3.11. The van der Waals surface area contributed by atoms with Crippen molar-refractivity contribution in [3.05, 3.63) is 65.7 Å². The third kappa shape index (κ3) is 4.29. The van der Waals surface area contributed by atoms with E-state index < -0.39 is 0 Å². The molecule has 1 saturated heterocycles. The fourth-order valence-corrected chi connectivity index (χ4v) is 3.49. The number of carbonyl (C=O) groups is 1. The molecular formula is C22H27NO2. The predicted octanol–water partition coefficient (Wildman–Crippen LogP) is 4.71. The van der Waals surface area contributed by atoms with Gasteiger partial charge in [-0.15, -0.1) is 0 Å². The maximum absolute atomic E-state index is 12.9. The van der Waals surface area contributed by atoms with Crippen LogP contribution in [0, 0.1) is 0 Å². The molecule has 1 atom stereocenters. The van der Waals surface area contributed by atoms with Gasteiger partial charge < -0.3 is 4.74 Å². The SMILES string of the molecule is CC(C)(C)N1CCC[C@@H]1C(=O)c1ccc(OCc2ccccc2)cc1. The second kappa shape index (κ2) is 7.40. The van der Waals surface area contributed by atoms with Crippen molar-refractivity contribution in [1.29, 1.82) is 0 Å². The van der Waals surface area contributed by atoms with Crippen LogP contribution in [-0.2, 0) is 6.61 Å². The van der Waals surface area contributed by atoms with Crippen LogP contribution in [0.1, 0.15) is 49.5 Å². The summed E-state index contributed by atoms with van der Waals surface area (Å²) in [6, 6.07) is 17.6. The topological polar surface area (TPSA) is 29.5 Å². The van der Waals surface area contributed by atoms with Gasteiger partial charge in [0.1, 0.15) is 12.4 Å². The number of benzene rings is 2. The third-order valence-electron chi connectivity index (χ3n) is 4.80. The van der Waals surface area contributed by atoms with Gasteiger partial charge in [0.15, 0.2) is 5.78 Å². The quantitative estimate of drug-likeness (QED) is 0.740. The Labute approximate surface area is 150 Å². The molecule has 0 spiro atoms. The van der Waals surface area contributed by atoms with E-state index in [1.165, 1.54) is 0 Å². The number of rotatable bonds is 5. The molecule has 1 heterocycles. The first-order valence-electron chi connectivity index (χ1n) is 9.03. The Hall–Kier alpha value is -2.13. The lowest BCUT2D eigenvalue weighted by Gasteiger charge is -2.36. The molecule has 2 aromatic rings. The Morgan fingerprint density at radius 3 is 2.40 bits per heavy atom. The molecule has 0 radical (unpaired) electrons. The van der Waals surface area contributed by atoms with E-state index in [1.54, 1.807) is 0 Å². The number of carbonyl (C=O) groups excluding carboxylic acids is 1. The van der Waals surface area contributed by atoms with Gasteiger partial charge in [0.05, 0.1) is 6.04 Å². The zero-order valence-electron chi connectivity index (χ0n) is 15.4. The molecule has 0 saturated carbocycles. The maximum Gasteiger partial charge on any atom is 0.179 e. The summed E-state index contributed by atoms with van der Waals surface area (Å²) in [6.07, 6.45) is 2.04. The zero-order valence-corrected chi connectivity index (χ0v) is 15.4. The summed E-state index contributed by atoms with van der Waals surface area (Å²) in [5, 5.41) is 0. The second-order valence-corrected chi connectivity index (χ2v) is 7.69. The van der Waals surface area contributed by atoms with E-state index in [0.717, 1.165) is 36.3 Å².